The van der Waals surface area contributed by atoms with Gasteiger partial charge in [0.2, 0.25) is 0 Å². The summed E-state index contributed by atoms with van der Waals surface area (Å²) in [5.74, 6) is 7.09. The monoisotopic (exact) mass is 389 g/mol. The molecule has 0 heterocycles. The summed E-state index contributed by atoms with van der Waals surface area (Å²) in [6.45, 7) is 0. The Morgan fingerprint density at radius 3 is 1.90 bits per heavy atom. The fourth-order valence-electron chi connectivity index (χ4n) is 2.96. The van der Waals surface area contributed by atoms with Crippen LogP contribution in [0.1, 0.15) is 27.0 Å². The Balaban J connectivity index is 1.57. The second kappa shape index (κ2) is 8.81. The number of hydrogen-bond donors (Lipinski definition) is 1. The van der Waals surface area contributed by atoms with Gasteiger partial charge in [0.05, 0.1) is 11.3 Å². The first-order valence-electron chi connectivity index (χ1n) is 9.54. The Hall–Kier alpha value is -4.29. The molecule has 30 heavy (non-hydrogen) atoms. The van der Waals surface area contributed by atoms with Crippen molar-refractivity contribution in [1.29, 1.82) is 0 Å². The van der Waals surface area contributed by atoms with E-state index in [9.17, 15) is 4.79 Å². The van der Waals surface area contributed by atoms with E-state index in [1.807, 2.05) is 66.7 Å². The van der Waals surface area contributed by atoms with Crippen molar-refractivity contribution in [2.75, 3.05) is 5.73 Å². The van der Waals surface area contributed by atoms with Crippen molar-refractivity contribution in [2.24, 2.45) is 0 Å². The largest absolute Gasteiger partial charge is 0.454 e. The van der Waals surface area contributed by atoms with Gasteiger partial charge in [0.25, 0.3) is 0 Å². The maximum absolute atomic E-state index is 13.1. The van der Waals surface area contributed by atoms with Crippen LogP contribution in [-0.4, -0.2) is 5.78 Å². The minimum atomic E-state index is -0.123. The summed E-state index contributed by atoms with van der Waals surface area (Å²) in [4.78, 5) is 13.1. The third-order valence-corrected chi connectivity index (χ3v) is 4.54. The molecule has 3 heteroatoms. The zero-order chi connectivity index (χ0) is 20.8. The van der Waals surface area contributed by atoms with E-state index >= 15 is 0 Å². The van der Waals surface area contributed by atoms with E-state index in [0.717, 1.165) is 11.1 Å². The molecule has 0 bridgehead atoms. The van der Waals surface area contributed by atoms with Gasteiger partial charge < -0.3 is 10.5 Å². The van der Waals surface area contributed by atoms with Gasteiger partial charge in [0.15, 0.2) is 5.78 Å². The molecule has 4 rings (SSSR count). The minimum Gasteiger partial charge on any atom is -0.454 e. The average molecular weight is 389 g/mol. The van der Waals surface area contributed by atoms with Gasteiger partial charge in [0, 0.05) is 16.7 Å². The third kappa shape index (κ3) is 4.40. The molecule has 0 saturated heterocycles. The van der Waals surface area contributed by atoms with Crippen molar-refractivity contribution in [3.05, 3.63) is 125 Å². The maximum atomic E-state index is 13.1. The number of nitrogen functional groups attached to an aromatic ring is 1. The van der Waals surface area contributed by atoms with E-state index in [1.54, 1.807) is 36.4 Å². The lowest BCUT2D eigenvalue weighted by atomic mass is 10.0. The second-order valence-corrected chi connectivity index (χ2v) is 6.66. The molecule has 0 aliphatic heterocycles. The molecule has 0 atom stereocenters. The normalized spacial score (nSPS) is 10.0. The van der Waals surface area contributed by atoms with Crippen molar-refractivity contribution < 1.29 is 9.53 Å². The molecule has 2 N–H and O–H groups in total. The molecule has 0 aromatic heterocycles. The summed E-state index contributed by atoms with van der Waals surface area (Å²) in [5.41, 5.74) is 9.32. The van der Waals surface area contributed by atoms with Gasteiger partial charge in [-0.15, -0.1) is 0 Å². The summed E-state index contributed by atoms with van der Waals surface area (Å²) in [5, 5.41) is 0. The fraction of sp³-hybridized carbons (Fsp3) is 0. The van der Waals surface area contributed by atoms with Crippen LogP contribution in [0.2, 0.25) is 0 Å². The summed E-state index contributed by atoms with van der Waals surface area (Å²) < 4.78 is 5.93. The van der Waals surface area contributed by atoms with Crippen LogP contribution in [0.25, 0.3) is 0 Å². The molecule has 144 valence electrons. The maximum Gasteiger partial charge on any atom is 0.196 e. The Bertz CT molecular complexity index is 1230. The van der Waals surface area contributed by atoms with Crippen LogP contribution in [0, 0.1) is 11.8 Å². The number of ether oxygens (including phenoxy) is 1. The van der Waals surface area contributed by atoms with Crippen LogP contribution < -0.4 is 10.5 Å². The molecule has 0 aliphatic carbocycles. The molecule has 0 saturated carbocycles. The van der Waals surface area contributed by atoms with Crippen LogP contribution in [-0.2, 0) is 0 Å². The fourth-order valence-corrected chi connectivity index (χ4v) is 2.96. The number of nitrogens with two attached hydrogens (primary N) is 1. The van der Waals surface area contributed by atoms with Crippen molar-refractivity contribution in [1.82, 2.24) is 0 Å². The molecule has 0 fully saturated rings. The highest BCUT2D eigenvalue weighted by Crippen LogP contribution is 2.30. The summed E-state index contributed by atoms with van der Waals surface area (Å²) in [6.07, 6.45) is 0. The van der Waals surface area contributed by atoms with Crippen LogP contribution in [0.5, 0.6) is 11.5 Å². The first-order chi connectivity index (χ1) is 14.7. The number of para-hydroxylation sites is 3. The van der Waals surface area contributed by atoms with E-state index < -0.39 is 0 Å². The molecule has 0 unspecified atom stereocenters. The van der Waals surface area contributed by atoms with Gasteiger partial charge in [0.1, 0.15) is 11.5 Å². The highest BCUT2D eigenvalue weighted by atomic mass is 16.5. The quantitative estimate of drug-likeness (QED) is 0.277. The number of hydrogen-bond acceptors (Lipinski definition) is 3. The smallest absolute Gasteiger partial charge is 0.196 e. The molecule has 0 spiro atoms. The Kier molecular flexibility index (Phi) is 5.59. The van der Waals surface area contributed by atoms with Crippen molar-refractivity contribution in [3.8, 4) is 23.3 Å². The van der Waals surface area contributed by atoms with Gasteiger partial charge in [-0.05, 0) is 60.7 Å². The van der Waals surface area contributed by atoms with Crippen molar-refractivity contribution in [2.45, 2.75) is 0 Å². The van der Waals surface area contributed by atoms with Crippen molar-refractivity contribution >= 4 is 11.5 Å². The van der Waals surface area contributed by atoms with E-state index in [0.29, 0.717) is 28.3 Å². The van der Waals surface area contributed by atoms with Crippen molar-refractivity contribution in [3.63, 3.8) is 0 Å². The second-order valence-electron chi connectivity index (χ2n) is 6.66. The average Bonchev–Trinajstić information content (AvgIpc) is 2.80. The molecule has 4 aromatic rings. The van der Waals surface area contributed by atoms with Gasteiger partial charge >= 0.3 is 0 Å². The molecule has 0 radical (unpaired) electrons. The lowest BCUT2D eigenvalue weighted by Gasteiger charge is -2.12. The predicted molar refractivity (Wildman–Crippen MR) is 120 cm³/mol. The summed E-state index contributed by atoms with van der Waals surface area (Å²) in [6, 6.07) is 31.4. The van der Waals surface area contributed by atoms with Gasteiger partial charge in [-0.2, -0.15) is 0 Å². The summed E-state index contributed by atoms with van der Waals surface area (Å²) >= 11 is 0. The standard InChI is InChI=1S/C27H19NO2/c28-24-11-5-7-13-26(24)30-25-12-6-4-10-23(25)27(29)22-18-16-21(17-19-22)15-14-20-8-2-1-3-9-20/h1-13,16-19H,28H2. The predicted octanol–water partition coefficient (Wildman–Crippen LogP) is 5.69. The number of carbonyl (C=O) groups excluding carboxylic acids is 1. The zero-order valence-corrected chi connectivity index (χ0v) is 16.2. The highest BCUT2D eigenvalue weighted by molar-refractivity contribution is 6.10. The van der Waals surface area contributed by atoms with Gasteiger partial charge in [-0.1, -0.05) is 54.3 Å². The third-order valence-electron chi connectivity index (χ3n) is 4.54. The Labute approximate surface area is 175 Å². The minimum absolute atomic E-state index is 0.123. The lowest BCUT2D eigenvalue weighted by Crippen LogP contribution is -2.04. The Morgan fingerprint density at radius 1 is 0.633 bits per heavy atom. The highest BCUT2D eigenvalue weighted by Gasteiger charge is 2.15. The zero-order valence-electron chi connectivity index (χ0n) is 16.2. The number of ketones is 1. The van der Waals surface area contributed by atoms with Crippen LogP contribution in [0.15, 0.2) is 103 Å². The molecule has 4 aromatic carbocycles. The Morgan fingerprint density at radius 2 is 1.20 bits per heavy atom. The molecular formula is C27H19NO2. The number of carbonyl (C=O) groups is 1. The first-order valence-corrected chi connectivity index (χ1v) is 9.54. The molecule has 0 amide bonds. The topological polar surface area (TPSA) is 52.3 Å². The molecule has 3 nitrogen and oxygen atoms in total. The SMILES string of the molecule is Nc1ccccc1Oc1ccccc1C(=O)c1ccc(C#Cc2ccccc2)cc1. The van der Waals surface area contributed by atoms with Crippen LogP contribution in [0.4, 0.5) is 5.69 Å². The van der Waals surface area contributed by atoms with E-state index in [-0.39, 0.29) is 5.78 Å². The van der Waals surface area contributed by atoms with Gasteiger partial charge in [-0.3, -0.25) is 4.79 Å². The molecule has 0 aliphatic rings. The summed E-state index contributed by atoms with van der Waals surface area (Å²) in [7, 11) is 0. The first kappa shape index (κ1) is 19.0. The number of benzene rings is 4. The molecular weight excluding hydrogens is 370 g/mol. The number of anilines is 1. The van der Waals surface area contributed by atoms with E-state index in [1.165, 1.54) is 0 Å². The van der Waals surface area contributed by atoms with Gasteiger partial charge in [-0.25, -0.2) is 0 Å². The van der Waals surface area contributed by atoms with Crippen LogP contribution in [0.3, 0.4) is 0 Å². The lowest BCUT2D eigenvalue weighted by molar-refractivity contribution is 0.103. The number of rotatable bonds is 4. The van der Waals surface area contributed by atoms with Crippen LogP contribution >= 0.6 is 0 Å². The van der Waals surface area contributed by atoms with E-state index in [4.69, 9.17) is 10.5 Å². The van der Waals surface area contributed by atoms with E-state index in [2.05, 4.69) is 11.8 Å².